The van der Waals surface area contributed by atoms with E-state index in [-0.39, 0.29) is 5.57 Å². The summed E-state index contributed by atoms with van der Waals surface area (Å²) in [6.45, 7) is 12.1. The van der Waals surface area contributed by atoms with Crippen molar-refractivity contribution in [2.24, 2.45) is 0 Å². The van der Waals surface area contributed by atoms with Crippen LogP contribution in [0.15, 0.2) is 48.2 Å². The fourth-order valence-corrected chi connectivity index (χ4v) is 5.42. The van der Waals surface area contributed by atoms with E-state index in [2.05, 4.69) is 18.8 Å². The fraction of sp³-hybridized carbons (Fsp3) is 0.414. The largest absolute Gasteiger partial charge is 0.871 e. The highest BCUT2D eigenvalue weighted by Crippen LogP contribution is 2.39. The zero-order chi connectivity index (χ0) is 26.3. The van der Waals surface area contributed by atoms with Crippen molar-refractivity contribution in [3.8, 4) is 0 Å². The maximum Gasteiger partial charge on any atom is 0.295 e. The summed E-state index contributed by atoms with van der Waals surface area (Å²) in [6.07, 6.45) is 1.78. The Bertz CT molecular complexity index is 1370. The number of pyridine rings is 1. The highest BCUT2D eigenvalue weighted by Gasteiger charge is 2.44. The molecule has 1 N–H and O–H groups in total. The van der Waals surface area contributed by atoms with Crippen molar-refractivity contribution in [1.29, 1.82) is 0 Å². The number of aryl methyl sites for hydroxylation is 2. The van der Waals surface area contributed by atoms with Gasteiger partial charge in [-0.15, -0.1) is 0 Å². The van der Waals surface area contributed by atoms with Gasteiger partial charge in [0.1, 0.15) is 18.7 Å². The molecule has 2 aliphatic heterocycles. The Morgan fingerprint density at radius 2 is 1.84 bits per heavy atom. The van der Waals surface area contributed by atoms with Crippen LogP contribution in [0.2, 0.25) is 0 Å². The molecule has 2 aliphatic rings. The number of Topliss-reactive ketones (excluding diaryl/α,β-unsaturated/α-hetero) is 1. The molecule has 2 fully saturated rings. The number of aromatic nitrogens is 2. The van der Waals surface area contributed by atoms with Crippen molar-refractivity contribution < 1.29 is 24.3 Å². The van der Waals surface area contributed by atoms with Gasteiger partial charge in [0.15, 0.2) is 0 Å². The predicted octanol–water partition coefficient (Wildman–Crippen LogP) is 1.21. The molecule has 1 aromatic carbocycles. The summed E-state index contributed by atoms with van der Waals surface area (Å²) in [5.74, 6) is -1.43. The van der Waals surface area contributed by atoms with Gasteiger partial charge in [0.05, 0.1) is 43.7 Å². The Labute approximate surface area is 217 Å². The van der Waals surface area contributed by atoms with E-state index in [9.17, 15) is 14.7 Å². The van der Waals surface area contributed by atoms with Gasteiger partial charge in [-0.1, -0.05) is 49.9 Å². The zero-order valence-electron chi connectivity index (χ0n) is 21.9. The van der Waals surface area contributed by atoms with Crippen molar-refractivity contribution in [2.45, 2.75) is 39.7 Å². The second-order valence-corrected chi connectivity index (χ2v) is 10.3. The zero-order valence-corrected chi connectivity index (χ0v) is 21.9. The van der Waals surface area contributed by atoms with Crippen LogP contribution >= 0.6 is 0 Å². The van der Waals surface area contributed by atoms with E-state index in [1.54, 1.807) is 22.4 Å². The quantitative estimate of drug-likeness (QED) is 0.311. The van der Waals surface area contributed by atoms with Crippen LogP contribution < -0.4 is 10.0 Å². The molecule has 8 heteroatoms. The number of benzene rings is 1. The number of morpholine rings is 1. The Morgan fingerprint density at radius 3 is 2.51 bits per heavy atom. The summed E-state index contributed by atoms with van der Waals surface area (Å²) in [4.78, 5) is 34.4. The second kappa shape index (κ2) is 10.1. The minimum absolute atomic E-state index is 0.00526. The van der Waals surface area contributed by atoms with Crippen LogP contribution in [0.4, 0.5) is 0 Å². The van der Waals surface area contributed by atoms with Crippen molar-refractivity contribution >= 4 is 23.1 Å². The Morgan fingerprint density at radius 1 is 1.14 bits per heavy atom. The first-order chi connectivity index (χ1) is 17.8. The number of rotatable bonds is 6. The molecule has 1 atom stereocenters. The summed E-state index contributed by atoms with van der Waals surface area (Å²) in [5.41, 5.74) is 4.41. The van der Waals surface area contributed by atoms with Gasteiger partial charge in [-0.3, -0.25) is 9.59 Å². The summed E-state index contributed by atoms with van der Waals surface area (Å²) in [5, 5.41) is 14.1. The molecule has 3 aromatic rings. The minimum Gasteiger partial charge on any atom is -0.871 e. The number of nitrogens with one attached hydrogen (secondary N) is 1. The monoisotopic (exact) mass is 502 g/mol. The van der Waals surface area contributed by atoms with Crippen LogP contribution in [0, 0.1) is 13.8 Å². The molecule has 0 bridgehead atoms. The molecule has 1 unspecified atom stereocenters. The first-order valence-electron chi connectivity index (χ1n) is 13.0. The number of quaternary nitrogens is 1. The number of fused-ring (bicyclic) bond motifs is 1. The van der Waals surface area contributed by atoms with E-state index in [0.29, 0.717) is 49.3 Å². The lowest BCUT2D eigenvalue weighted by Gasteiger charge is -2.30. The van der Waals surface area contributed by atoms with Gasteiger partial charge < -0.3 is 24.0 Å². The van der Waals surface area contributed by atoms with E-state index < -0.39 is 23.5 Å². The Balaban J connectivity index is 1.62. The highest BCUT2D eigenvalue weighted by atomic mass is 16.5. The normalized spacial score (nSPS) is 20.5. The lowest BCUT2D eigenvalue weighted by Crippen LogP contribution is -3.14. The van der Waals surface area contributed by atoms with Gasteiger partial charge in [-0.2, -0.15) is 0 Å². The van der Waals surface area contributed by atoms with Crippen molar-refractivity contribution in [3.05, 3.63) is 76.2 Å². The number of likely N-dealkylation sites (tertiary alicyclic amines) is 1. The number of nitrogens with zero attached hydrogens (tertiary/aromatic N) is 3. The number of ether oxygens (including phenoxy) is 1. The van der Waals surface area contributed by atoms with Crippen LogP contribution in [0.3, 0.4) is 0 Å². The molecular formula is C29H34N4O4. The van der Waals surface area contributed by atoms with Gasteiger partial charge in [-0.25, -0.2) is 4.98 Å². The van der Waals surface area contributed by atoms with E-state index >= 15 is 0 Å². The lowest BCUT2D eigenvalue weighted by atomic mass is 9.94. The summed E-state index contributed by atoms with van der Waals surface area (Å²) in [6, 6.07) is 11.0. The number of imidazole rings is 1. The molecule has 5 rings (SSSR count). The first kappa shape index (κ1) is 25.2. The summed E-state index contributed by atoms with van der Waals surface area (Å²) in [7, 11) is 0. The van der Waals surface area contributed by atoms with E-state index in [4.69, 9.17) is 4.74 Å². The average molecular weight is 503 g/mol. The third-order valence-electron chi connectivity index (χ3n) is 7.59. The van der Waals surface area contributed by atoms with Crippen molar-refractivity contribution in [2.75, 3.05) is 39.4 Å². The number of carbonyl (C=O) groups excluding carboxylic acids is 2. The molecule has 37 heavy (non-hydrogen) atoms. The maximum absolute atomic E-state index is 14.1. The first-order valence-corrected chi connectivity index (χ1v) is 13.0. The van der Waals surface area contributed by atoms with Crippen molar-refractivity contribution in [3.63, 3.8) is 0 Å². The van der Waals surface area contributed by atoms with E-state index in [0.717, 1.165) is 29.8 Å². The molecule has 8 nitrogen and oxygen atoms in total. The lowest BCUT2D eigenvalue weighted by molar-refractivity contribution is -0.907. The van der Waals surface area contributed by atoms with Crippen LogP contribution in [-0.2, 0) is 14.3 Å². The molecule has 1 amide bonds. The van der Waals surface area contributed by atoms with Gasteiger partial charge in [0.2, 0.25) is 5.78 Å². The molecule has 194 valence electrons. The Hall–Kier alpha value is -3.49. The van der Waals surface area contributed by atoms with E-state index in [1.165, 1.54) is 4.90 Å². The van der Waals surface area contributed by atoms with Gasteiger partial charge >= 0.3 is 0 Å². The van der Waals surface area contributed by atoms with Crippen molar-refractivity contribution in [1.82, 2.24) is 14.3 Å². The maximum atomic E-state index is 14.1. The molecule has 0 spiro atoms. The highest BCUT2D eigenvalue weighted by molar-refractivity contribution is 6.46. The van der Waals surface area contributed by atoms with Gasteiger partial charge in [-0.05, 0) is 42.5 Å². The fourth-order valence-electron chi connectivity index (χ4n) is 5.42. The number of hydrogen-bond donors (Lipinski definition) is 1. The number of carbonyl (C=O) groups is 2. The SMILES string of the molecule is Cc1nc2c(C)cccn2c1C([O-])=C1C(=O)C(=O)N(CC[NH+]2CCOCC2)C1c1ccc(C(C)C)cc1. The number of ketones is 1. The smallest absolute Gasteiger partial charge is 0.295 e. The second-order valence-electron chi connectivity index (χ2n) is 10.3. The van der Waals surface area contributed by atoms with Crippen LogP contribution in [0.25, 0.3) is 11.4 Å². The molecule has 0 saturated carbocycles. The average Bonchev–Trinajstić information content (AvgIpc) is 3.37. The van der Waals surface area contributed by atoms with Crippen LogP contribution in [-0.4, -0.2) is 65.4 Å². The third-order valence-corrected chi connectivity index (χ3v) is 7.59. The predicted molar refractivity (Wildman–Crippen MR) is 138 cm³/mol. The molecule has 4 heterocycles. The standard InChI is InChI=1S/C29H34N4O4/c1-18(2)21-7-9-22(10-8-21)25-23(26(34)24-20(4)30-28-19(3)6-5-11-32(24)28)27(35)29(36)33(25)13-12-31-14-16-37-17-15-31/h5-11,18,25,34H,12-17H2,1-4H3. The Kier molecular flexibility index (Phi) is 6.88. The molecule has 0 aliphatic carbocycles. The minimum atomic E-state index is -0.732. The molecule has 0 radical (unpaired) electrons. The molecular weight excluding hydrogens is 468 g/mol. The summed E-state index contributed by atoms with van der Waals surface area (Å²) < 4.78 is 7.20. The number of hydrogen-bond acceptors (Lipinski definition) is 5. The van der Waals surface area contributed by atoms with E-state index in [1.807, 2.05) is 43.3 Å². The van der Waals surface area contributed by atoms with Gasteiger partial charge in [0, 0.05) is 11.8 Å². The van der Waals surface area contributed by atoms with Crippen LogP contribution in [0.5, 0.6) is 0 Å². The van der Waals surface area contributed by atoms with Gasteiger partial charge in [0.25, 0.3) is 5.91 Å². The summed E-state index contributed by atoms with van der Waals surface area (Å²) >= 11 is 0. The molecule has 2 aromatic heterocycles. The molecule has 2 saturated heterocycles. The van der Waals surface area contributed by atoms with Crippen LogP contribution in [0.1, 0.15) is 53.9 Å². The topological polar surface area (TPSA) is 91.4 Å². The third kappa shape index (κ3) is 4.55. The number of amides is 1.